The summed E-state index contributed by atoms with van der Waals surface area (Å²) in [6, 6.07) is 0.595. The molecule has 0 aromatic carbocycles. The molecule has 2 atom stereocenters. The lowest BCUT2D eigenvalue weighted by atomic mass is 9.92. The number of hydrogen-bond acceptors (Lipinski definition) is 1. The van der Waals surface area contributed by atoms with Crippen molar-refractivity contribution >= 4 is 0 Å². The van der Waals surface area contributed by atoms with E-state index in [1.165, 1.54) is 60.8 Å². The Kier molecular flexibility index (Phi) is 12.6. The molecule has 1 N–H and O–H groups in total. The monoisotopic (exact) mass is 416 g/mol. The second-order valence-corrected chi connectivity index (χ2v) is 10.5. The molecular weight excluding hydrogens is 366 g/mol. The van der Waals surface area contributed by atoms with E-state index in [0.717, 1.165) is 36.7 Å². The smallest absolute Gasteiger partial charge is 0.0914 e. The number of piperidine rings is 1. The Morgan fingerprint density at radius 3 is 1.83 bits per heavy atom. The van der Waals surface area contributed by atoms with E-state index in [-0.39, 0.29) is 6.10 Å². The second-order valence-electron chi connectivity index (χ2n) is 10.5. The zero-order valence-electron chi connectivity index (χ0n) is 21.1. The van der Waals surface area contributed by atoms with Gasteiger partial charge < -0.3 is 9.59 Å². The van der Waals surface area contributed by atoms with E-state index < -0.39 is 0 Å². The molecule has 0 aliphatic carbocycles. The maximum Gasteiger partial charge on any atom is 0.0914 e. The maximum absolute atomic E-state index is 10.0. The minimum Gasteiger partial charge on any atom is -0.393 e. The summed E-state index contributed by atoms with van der Waals surface area (Å²) in [5.41, 5.74) is 5.97. The fourth-order valence-corrected chi connectivity index (χ4v) is 4.34. The van der Waals surface area contributed by atoms with Crippen molar-refractivity contribution in [2.75, 3.05) is 20.6 Å². The van der Waals surface area contributed by atoms with Crippen LogP contribution in [0.2, 0.25) is 0 Å². The van der Waals surface area contributed by atoms with Gasteiger partial charge in [-0.1, -0.05) is 46.6 Å². The number of likely N-dealkylation sites (tertiary alicyclic amines) is 1. The predicted molar refractivity (Wildman–Crippen MR) is 134 cm³/mol. The molecule has 1 aliphatic rings. The minimum absolute atomic E-state index is 0.0884. The molecule has 0 amide bonds. The van der Waals surface area contributed by atoms with Crippen LogP contribution in [0.4, 0.5) is 0 Å². The van der Waals surface area contributed by atoms with E-state index in [1.54, 1.807) is 0 Å². The summed E-state index contributed by atoms with van der Waals surface area (Å²) in [5, 5.41) is 10.0. The number of allylic oxidation sites excluding steroid dienone is 8. The highest BCUT2D eigenvalue weighted by atomic mass is 16.3. The highest BCUT2D eigenvalue weighted by Gasteiger charge is 2.34. The van der Waals surface area contributed by atoms with Gasteiger partial charge in [-0.05, 0) is 79.6 Å². The molecule has 2 nitrogen and oxygen atoms in total. The molecule has 0 bridgehead atoms. The molecule has 0 aromatic rings. The lowest BCUT2D eigenvalue weighted by Crippen LogP contribution is -2.54. The molecule has 0 aromatic heterocycles. The van der Waals surface area contributed by atoms with Crippen molar-refractivity contribution in [2.24, 2.45) is 0 Å². The van der Waals surface area contributed by atoms with E-state index in [1.807, 2.05) is 0 Å². The summed E-state index contributed by atoms with van der Waals surface area (Å²) in [6.45, 7) is 12.3. The number of quaternary nitrogens is 1. The summed E-state index contributed by atoms with van der Waals surface area (Å²) < 4.78 is 1.06. The van der Waals surface area contributed by atoms with Crippen molar-refractivity contribution in [1.82, 2.24) is 0 Å². The van der Waals surface area contributed by atoms with Crippen LogP contribution in [0.25, 0.3) is 0 Å². The Morgan fingerprint density at radius 1 is 0.767 bits per heavy atom. The summed E-state index contributed by atoms with van der Waals surface area (Å²) in [7, 11) is 4.64. The van der Waals surface area contributed by atoms with E-state index in [9.17, 15) is 5.11 Å². The largest absolute Gasteiger partial charge is 0.393 e. The van der Waals surface area contributed by atoms with Crippen molar-refractivity contribution in [3.05, 3.63) is 46.6 Å². The van der Waals surface area contributed by atoms with Gasteiger partial charge in [-0.3, -0.25) is 0 Å². The molecule has 0 spiro atoms. The summed E-state index contributed by atoms with van der Waals surface area (Å²) >= 11 is 0. The quantitative estimate of drug-likeness (QED) is 0.198. The van der Waals surface area contributed by atoms with Crippen molar-refractivity contribution in [2.45, 2.75) is 111 Å². The van der Waals surface area contributed by atoms with E-state index in [2.05, 4.69) is 73.0 Å². The molecule has 0 radical (unpaired) electrons. The maximum atomic E-state index is 10.0. The number of nitrogens with zero attached hydrogens (tertiary/aromatic N) is 1. The molecule has 172 valence electrons. The van der Waals surface area contributed by atoms with Crippen molar-refractivity contribution < 1.29 is 9.59 Å². The second kappa shape index (κ2) is 14.0. The lowest BCUT2D eigenvalue weighted by Gasteiger charge is -2.43. The normalized spacial score (nSPS) is 22.9. The fourth-order valence-electron chi connectivity index (χ4n) is 4.34. The molecule has 1 rings (SSSR count). The first-order valence-electron chi connectivity index (χ1n) is 12.2. The van der Waals surface area contributed by atoms with Gasteiger partial charge in [0.1, 0.15) is 0 Å². The van der Waals surface area contributed by atoms with Crippen LogP contribution in [-0.2, 0) is 0 Å². The van der Waals surface area contributed by atoms with Gasteiger partial charge in [-0.25, -0.2) is 0 Å². The first kappa shape index (κ1) is 26.9. The molecule has 1 heterocycles. The first-order valence-corrected chi connectivity index (χ1v) is 12.2. The molecule has 1 aliphatic heterocycles. The third kappa shape index (κ3) is 11.9. The molecular formula is C28H50NO+. The summed E-state index contributed by atoms with van der Waals surface area (Å²) in [6.07, 6.45) is 20.8. The fraction of sp³-hybridized carbons (Fsp3) is 0.714. The topological polar surface area (TPSA) is 20.2 Å². The van der Waals surface area contributed by atoms with Gasteiger partial charge in [-0.15, -0.1) is 0 Å². The van der Waals surface area contributed by atoms with Gasteiger partial charge in [0.05, 0.1) is 32.8 Å². The van der Waals surface area contributed by atoms with Crippen molar-refractivity contribution in [3.8, 4) is 0 Å². The van der Waals surface area contributed by atoms with Gasteiger partial charge in [0.2, 0.25) is 0 Å². The molecule has 30 heavy (non-hydrogen) atoms. The molecule has 1 fully saturated rings. The number of unbranched alkanes of at least 4 members (excludes halogenated alkanes) is 1. The van der Waals surface area contributed by atoms with Crippen LogP contribution in [0.1, 0.15) is 98.8 Å². The Morgan fingerprint density at radius 2 is 1.27 bits per heavy atom. The Labute approximate surface area is 188 Å². The van der Waals surface area contributed by atoms with Crippen molar-refractivity contribution in [3.63, 3.8) is 0 Å². The van der Waals surface area contributed by atoms with E-state index >= 15 is 0 Å². The molecule has 0 unspecified atom stereocenters. The van der Waals surface area contributed by atoms with Gasteiger partial charge in [0.15, 0.2) is 0 Å². The van der Waals surface area contributed by atoms with E-state index in [0.29, 0.717) is 6.04 Å². The molecule has 2 heteroatoms. The van der Waals surface area contributed by atoms with E-state index in [4.69, 9.17) is 0 Å². The van der Waals surface area contributed by atoms with Crippen LogP contribution < -0.4 is 0 Å². The van der Waals surface area contributed by atoms with Crippen LogP contribution in [0.5, 0.6) is 0 Å². The standard InChI is InChI=1S/C28H50NO/c1-23(2)12-10-15-25(4)17-11-16-24(3)13-8-9-14-26(5)18-19-27-22-28(30)20-21-29(27,6)7/h12-14,17,27-28,30H,8-11,15-16,18-22H2,1-7H3/q+1/b24-13+,25-17+,26-14+/t27-,28-/m0/s1. The highest BCUT2D eigenvalue weighted by molar-refractivity contribution is 5.06. The van der Waals surface area contributed by atoms with Gasteiger partial charge in [-0.2, -0.15) is 0 Å². The van der Waals surface area contributed by atoms with Gasteiger partial charge >= 0.3 is 0 Å². The summed E-state index contributed by atoms with van der Waals surface area (Å²) in [5.74, 6) is 0. The average Bonchev–Trinajstić information content (AvgIpc) is 2.65. The first-order chi connectivity index (χ1) is 14.1. The van der Waals surface area contributed by atoms with Crippen LogP contribution in [0.3, 0.4) is 0 Å². The Bertz CT molecular complexity index is 617. The van der Waals surface area contributed by atoms with Crippen LogP contribution >= 0.6 is 0 Å². The predicted octanol–water partition coefficient (Wildman–Crippen LogP) is 7.51. The highest BCUT2D eigenvalue weighted by Crippen LogP contribution is 2.26. The molecule has 1 saturated heterocycles. The summed E-state index contributed by atoms with van der Waals surface area (Å²) in [4.78, 5) is 0. The Balaban J connectivity index is 2.27. The Hall–Kier alpha value is -1.12. The third-order valence-corrected chi connectivity index (χ3v) is 6.72. The van der Waals surface area contributed by atoms with Crippen LogP contribution in [-0.4, -0.2) is 42.4 Å². The number of aliphatic hydroxyl groups excluding tert-OH is 1. The van der Waals surface area contributed by atoms with Gasteiger partial charge in [0, 0.05) is 19.3 Å². The van der Waals surface area contributed by atoms with Crippen LogP contribution in [0, 0.1) is 0 Å². The van der Waals surface area contributed by atoms with Gasteiger partial charge in [0.25, 0.3) is 0 Å². The lowest BCUT2D eigenvalue weighted by molar-refractivity contribution is -0.921. The minimum atomic E-state index is -0.0884. The number of rotatable bonds is 12. The third-order valence-electron chi connectivity index (χ3n) is 6.72. The zero-order valence-corrected chi connectivity index (χ0v) is 21.1. The van der Waals surface area contributed by atoms with Crippen molar-refractivity contribution in [1.29, 1.82) is 0 Å². The zero-order chi connectivity index (χ0) is 22.6. The number of aliphatic hydroxyl groups is 1. The number of hydrogen-bond donors (Lipinski definition) is 1. The average molecular weight is 417 g/mol. The SMILES string of the molecule is CC(C)=CCC/C(C)=C/CC/C(C)=C/CC/C=C(\C)CC[C@H]1C[C@@H](O)CC[N+]1(C)C. The van der Waals surface area contributed by atoms with Crippen LogP contribution in [0.15, 0.2) is 46.6 Å². The molecule has 0 saturated carbocycles.